The van der Waals surface area contributed by atoms with Crippen LogP contribution >= 0.6 is 0 Å². The number of carbonyl (C=O) groups is 2. The molecule has 0 aliphatic rings. The zero-order valence-corrected chi connectivity index (χ0v) is 20.2. The van der Waals surface area contributed by atoms with Crippen LogP contribution in [0.3, 0.4) is 0 Å². The summed E-state index contributed by atoms with van der Waals surface area (Å²) in [6.07, 6.45) is 16.0. The van der Waals surface area contributed by atoms with Crippen LogP contribution in [0, 0.1) is 13.8 Å². The van der Waals surface area contributed by atoms with Crippen molar-refractivity contribution in [3.63, 3.8) is 0 Å². The average Bonchev–Trinajstić information content (AvgIpc) is 2.48. The summed E-state index contributed by atoms with van der Waals surface area (Å²) in [5.41, 5.74) is 0. The van der Waals surface area contributed by atoms with Gasteiger partial charge in [-0.25, -0.2) is 0 Å². The van der Waals surface area contributed by atoms with E-state index in [0.717, 1.165) is 26.7 Å². The Hall–Kier alpha value is -0.437. The topological polar surface area (TPSA) is 80.3 Å². The Morgan fingerprint density at radius 2 is 0.840 bits per heavy atom. The van der Waals surface area contributed by atoms with E-state index in [9.17, 15) is 0 Å². The summed E-state index contributed by atoms with van der Waals surface area (Å²) >= 11 is 0. The maximum absolute atomic E-state index is 8.89. The van der Waals surface area contributed by atoms with Crippen molar-refractivity contribution >= 4 is 11.9 Å². The van der Waals surface area contributed by atoms with Crippen LogP contribution in [0.15, 0.2) is 0 Å². The number of rotatable bonds is 10. The van der Waals surface area contributed by atoms with Gasteiger partial charge in [0.15, 0.2) is 0 Å². The van der Waals surface area contributed by atoms with Crippen molar-refractivity contribution in [2.24, 2.45) is 0 Å². The molecule has 0 aliphatic carbocycles. The van der Waals surface area contributed by atoms with Gasteiger partial charge < -0.3 is 33.6 Å². The standard InChI is InChI=1S/2C8H17.2C2H4O2.Zn/c2*1-3-5-7-8-6-4-2;2*1-2(3)4;/h2*1,3-8H2,2H3;2*1H3,(H,3,4);/q2*-1;;;+2/p-2. The summed E-state index contributed by atoms with van der Waals surface area (Å²) in [4.78, 5) is 17.8. The molecule has 0 atom stereocenters. The van der Waals surface area contributed by atoms with Gasteiger partial charge >= 0.3 is 19.5 Å². The van der Waals surface area contributed by atoms with Gasteiger partial charge in [0.2, 0.25) is 0 Å². The third-order valence-electron chi connectivity index (χ3n) is 2.71. The Bertz CT molecular complexity index is 190. The van der Waals surface area contributed by atoms with Gasteiger partial charge in [-0.1, -0.05) is 78.1 Å². The second kappa shape index (κ2) is 38.9. The molecule has 0 aromatic heterocycles. The number of hydrogen-bond donors (Lipinski definition) is 0. The normalized spacial score (nSPS) is 8.24. The molecule has 0 heterocycles. The minimum absolute atomic E-state index is 0. The first-order valence-corrected chi connectivity index (χ1v) is 9.23. The summed E-state index contributed by atoms with van der Waals surface area (Å²) in [6.45, 7) is 14.0. The molecule has 0 saturated heterocycles. The zero-order valence-electron chi connectivity index (χ0n) is 17.2. The molecule has 0 unspecified atom stereocenters. The van der Waals surface area contributed by atoms with Crippen LogP contribution in [-0.4, -0.2) is 11.9 Å². The minimum atomic E-state index is -1.08. The maximum atomic E-state index is 8.89. The van der Waals surface area contributed by atoms with Crippen molar-refractivity contribution in [2.75, 3.05) is 0 Å². The summed E-state index contributed by atoms with van der Waals surface area (Å²) in [6, 6.07) is 0. The van der Waals surface area contributed by atoms with Crippen molar-refractivity contribution < 1.29 is 39.3 Å². The Morgan fingerprint density at radius 1 is 0.640 bits per heavy atom. The second-order valence-electron chi connectivity index (χ2n) is 5.52. The predicted octanol–water partition coefficient (Wildman–Crippen LogP) is 3.87. The van der Waals surface area contributed by atoms with Gasteiger partial charge in [-0.15, -0.1) is 0 Å². The Balaban J connectivity index is -0.0000000739. The summed E-state index contributed by atoms with van der Waals surface area (Å²) in [5, 5.41) is 17.8. The van der Waals surface area contributed by atoms with E-state index in [0.29, 0.717) is 0 Å². The largest absolute Gasteiger partial charge is 2.00 e. The smallest absolute Gasteiger partial charge is 0.550 e. The first kappa shape index (κ1) is 35.6. The summed E-state index contributed by atoms with van der Waals surface area (Å²) < 4.78 is 0. The van der Waals surface area contributed by atoms with Crippen LogP contribution in [0.5, 0.6) is 0 Å². The van der Waals surface area contributed by atoms with E-state index in [1.54, 1.807) is 0 Å². The first-order valence-electron chi connectivity index (χ1n) is 9.23. The number of hydrogen-bond acceptors (Lipinski definition) is 4. The molecule has 148 valence electrons. The fraction of sp³-hybridized carbons (Fsp3) is 0.800. The van der Waals surface area contributed by atoms with Crippen LogP contribution < -0.4 is 10.2 Å². The molecule has 0 bridgehead atoms. The molecule has 4 nitrogen and oxygen atoms in total. The molecule has 0 radical (unpaired) electrons. The molecule has 0 fully saturated rings. The van der Waals surface area contributed by atoms with Crippen molar-refractivity contribution in [3.8, 4) is 0 Å². The fourth-order valence-electron chi connectivity index (χ4n) is 1.56. The SMILES string of the molecule is CC(=O)[O-].CC(=O)[O-].[CH2-]CCCCCCC.[CH2-]CCCCCCC.[Zn+2]. The first-order chi connectivity index (χ1) is 11.3. The Labute approximate surface area is 169 Å². The van der Waals surface area contributed by atoms with E-state index in [1.165, 1.54) is 64.2 Å². The molecule has 0 saturated carbocycles. The second-order valence-corrected chi connectivity index (χ2v) is 5.52. The minimum Gasteiger partial charge on any atom is -0.550 e. The fourth-order valence-corrected chi connectivity index (χ4v) is 1.56. The van der Waals surface area contributed by atoms with Gasteiger partial charge in [-0.2, -0.15) is 12.8 Å². The number of carboxylic acids is 2. The molecule has 0 spiro atoms. The molecule has 0 amide bonds. The summed E-state index contributed by atoms with van der Waals surface area (Å²) in [5.74, 6) is -2.17. The number of aliphatic carboxylic acids is 2. The van der Waals surface area contributed by atoms with E-state index >= 15 is 0 Å². The quantitative estimate of drug-likeness (QED) is 0.311. The van der Waals surface area contributed by atoms with Gasteiger partial charge in [-0.05, 0) is 13.8 Å². The van der Waals surface area contributed by atoms with Crippen LogP contribution in [-0.2, 0) is 29.1 Å². The molecule has 0 aromatic rings. The van der Waals surface area contributed by atoms with Crippen molar-refractivity contribution in [2.45, 2.75) is 105 Å². The predicted molar refractivity (Wildman–Crippen MR) is 98.8 cm³/mol. The third kappa shape index (κ3) is 120. The van der Waals surface area contributed by atoms with E-state index in [4.69, 9.17) is 19.8 Å². The Morgan fingerprint density at radius 3 is 1.00 bits per heavy atom. The average molecular weight is 410 g/mol. The molecular weight excluding hydrogens is 370 g/mol. The van der Waals surface area contributed by atoms with Crippen molar-refractivity contribution in [3.05, 3.63) is 13.8 Å². The molecule has 25 heavy (non-hydrogen) atoms. The number of unbranched alkanes of at least 4 members (excludes halogenated alkanes) is 10. The van der Waals surface area contributed by atoms with E-state index < -0.39 is 11.9 Å². The van der Waals surface area contributed by atoms with Gasteiger partial charge in [0.1, 0.15) is 0 Å². The molecule has 0 N–H and O–H groups in total. The van der Waals surface area contributed by atoms with Gasteiger partial charge in [0.25, 0.3) is 0 Å². The third-order valence-corrected chi connectivity index (χ3v) is 2.71. The molecule has 0 rings (SSSR count). The van der Waals surface area contributed by atoms with E-state index in [-0.39, 0.29) is 19.5 Å². The Kier molecular flexibility index (Phi) is 55.4. The molecule has 5 heteroatoms. The number of carbonyl (C=O) groups excluding carboxylic acids is 2. The van der Waals surface area contributed by atoms with Crippen LogP contribution in [0.2, 0.25) is 0 Å². The van der Waals surface area contributed by atoms with E-state index in [2.05, 4.69) is 27.7 Å². The molecular formula is C20H40O4Zn-2. The van der Waals surface area contributed by atoms with Gasteiger partial charge in [0.05, 0.1) is 0 Å². The maximum Gasteiger partial charge on any atom is 2.00 e. The number of carboxylic acid groups (broad SMARTS) is 2. The van der Waals surface area contributed by atoms with Crippen molar-refractivity contribution in [1.82, 2.24) is 0 Å². The zero-order chi connectivity index (χ0) is 19.6. The van der Waals surface area contributed by atoms with E-state index in [1.807, 2.05) is 0 Å². The van der Waals surface area contributed by atoms with Gasteiger partial charge in [-0.3, -0.25) is 0 Å². The van der Waals surface area contributed by atoms with Crippen LogP contribution in [0.1, 0.15) is 105 Å². The van der Waals surface area contributed by atoms with Crippen LogP contribution in [0.4, 0.5) is 0 Å². The molecule has 0 aliphatic heterocycles. The van der Waals surface area contributed by atoms with Crippen molar-refractivity contribution in [1.29, 1.82) is 0 Å². The monoisotopic (exact) mass is 408 g/mol. The van der Waals surface area contributed by atoms with Gasteiger partial charge in [0, 0.05) is 11.9 Å². The van der Waals surface area contributed by atoms with Crippen LogP contribution in [0.25, 0.3) is 0 Å². The summed E-state index contributed by atoms with van der Waals surface area (Å²) in [7, 11) is 0. The molecule has 0 aromatic carbocycles.